The van der Waals surface area contributed by atoms with Crippen LogP contribution in [0.4, 0.5) is 11.6 Å². The molecule has 0 saturated heterocycles. The van der Waals surface area contributed by atoms with Crippen molar-refractivity contribution in [3.8, 4) is 0 Å². The molecule has 2 aromatic heterocycles. The normalized spacial score (nSPS) is 13.8. The first kappa shape index (κ1) is 25.9. The summed E-state index contributed by atoms with van der Waals surface area (Å²) in [5.41, 5.74) is 2.44. The minimum absolute atomic E-state index is 0.474. The maximum absolute atomic E-state index is 12.0. The van der Waals surface area contributed by atoms with E-state index >= 15 is 0 Å². The number of nitrogens with zero attached hydrogens (tertiary/aromatic N) is 3. The Balaban J connectivity index is 1.29. The maximum Gasteiger partial charge on any atom is 0.326 e. The predicted molar refractivity (Wildman–Crippen MR) is 144 cm³/mol. The van der Waals surface area contributed by atoms with Crippen molar-refractivity contribution < 1.29 is 14.6 Å². The molecule has 0 bridgehead atoms. The molecule has 8 nitrogen and oxygen atoms in total. The molecular formula is C28H37N5O3. The van der Waals surface area contributed by atoms with Crippen LogP contribution in [0.25, 0.3) is 10.8 Å². The smallest absolute Gasteiger partial charge is 0.326 e. The number of fused-ring (bicyclic) bond motifs is 2. The van der Waals surface area contributed by atoms with E-state index in [2.05, 4.69) is 32.7 Å². The summed E-state index contributed by atoms with van der Waals surface area (Å²) in [6.45, 7) is 3.95. The van der Waals surface area contributed by atoms with Crippen LogP contribution in [0.1, 0.15) is 36.9 Å². The third-order valence-corrected chi connectivity index (χ3v) is 6.74. The van der Waals surface area contributed by atoms with Crippen molar-refractivity contribution in [2.45, 2.75) is 44.6 Å². The zero-order valence-corrected chi connectivity index (χ0v) is 21.1. The fraction of sp³-hybridized carbons (Fsp3) is 0.464. The van der Waals surface area contributed by atoms with Crippen molar-refractivity contribution in [2.24, 2.45) is 0 Å². The van der Waals surface area contributed by atoms with E-state index in [-0.39, 0.29) is 0 Å². The van der Waals surface area contributed by atoms with Gasteiger partial charge in [-0.1, -0.05) is 30.3 Å². The third kappa shape index (κ3) is 7.15. The number of pyridine rings is 2. The summed E-state index contributed by atoms with van der Waals surface area (Å²) >= 11 is 0. The van der Waals surface area contributed by atoms with Gasteiger partial charge < -0.3 is 25.4 Å². The highest BCUT2D eigenvalue weighted by Gasteiger charge is 2.20. The summed E-state index contributed by atoms with van der Waals surface area (Å²) < 4.78 is 5.30. The number of aromatic nitrogens is 2. The van der Waals surface area contributed by atoms with Crippen molar-refractivity contribution in [1.82, 2.24) is 14.9 Å². The predicted octanol–water partition coefficient (Wildman–Crippen LogP) is 4.21. The second-order valence-electron chi connectivity index (χ2n) is 9.34. The molecule has 8 heteroatoms. The van der Waals surface area contributed by atoms with E-state index in [0.29, 0.717) is 25.4 Å². The second-order valence-corrected chi connectivity index (χ2v) is 9.34. The zero-order valence-electron chi connectivity index (χ0n) is 21.1. The lowest BCUT2D eigenvalue weighted by Gasteiger charge is -2.24. The average Bonchev–Trinajstić information content (AvgIpc) is 2.91. The highest BCUT2D eigenvalue weighted by atomic mass is 16.5. The van der Waals surface area contributed by atoms with Crippen molar-refractivity contribution in [3.05, 3.63) is 59.9 Å². The molecule has 1 aliphatic heterocycles. The van der Waals surface area contributed by atoms with Gasteiger partial charge in [0.1, 0.15) is 17.7 Å². The summed E-state index contributed by atoms with van der Waals surface area (Å²) in [4.78, 5) is 23.5. The van der Waals surface area contributed by atoms with E-state index in [1.54, 1.807) is 13.3 Å². The van der Waals surface area contributed by atoms with Crippen LogP contribution in [-0.4, -0.2) is 71.9 Å². The lowest BCUT2D eigenvalue weighted by molar-refractivity contribution is -0.138. The zero-order chi connectivity index (χ0) is 25.2. The summed E-state index contributed by atoms with van der Waals surface area (Å²) in [6.07, 6.45) is 7.46. The van der Waals surface area contributed by atoms with Gasteiger partial charge in [-0.25, -0.2) is 14.8 Å². The molecule has 36 heavy (non-hydrogen) atoms. The maximum atomic E-state index is 12.0. The quantitative estimate of drug-likeness (QED) is 0.288. The highest BCUT2D eigenvalue weighted by Crippen LogP contribution is 2.22. The highest BCUT2D eigenvalue weighted by molar-refractivity contribution is 5.93. The number of aliphatic carboxylic acids is 1. The van der Waals surface area contributed by atoms with E-state index in [1.807, 2.05) is 30.3 Å². The van der Waals surface area contributed by atoms with Gasteiger partial charge in [0.25, 0.3) is 0 Å². The van der Waals surface area contributed by atoms with Gasteiger partial charge >= 0.3 is 5.97 Å². The molecule has 3 N–H and O–H groups in total. The number of carboxylic acid groups (broad SMARTS) is 1. The van der Waals surface area contributed by atoms with Gasteiger partial charge in [-0.15, -0.1) is 0 Å². The van der Waals surface area contributed by atoms with E-state index in [4.69, 9.17) is 9.72 Å². The van der Waals surface area contributed by atoms with Crippen molar-refractivity contribution >= 4 is 28.4 Å². The number of rotatable bonds is 14. The number of methoxy groups -OCH3 is 1. The largest absolute Gasteiger partial charge is 0.480 e. The summed E-state index contributed by atoms with van der Waals surface area (Å²) in [7, 11) is 1.70. The topological polar surface area (TPSA) is 99.6 Å². The molecule has 3 aromatic rings. The van der Waals surface area contributed by atoms with Crippen LogP contribution in [0.5, 0.6) is 0 Å². The molecule has 0 spiro atoms. The van der Waals surface area contributed by atoms with E-state index in [9.17, 15) is 9.90 Å². The molecule has 4 rings (SSSR count). The first-order valence-corrected chi connectivity index (χ1v) is 12.9. The number of anilines is 2. The average molecular weight is 492 g/mol. The minimum atomic E-state index is -0.872. The van der Waals surface area contributed by atoms with Crippen LogP contribution in [-0.2, 0) is 22.4 Å². The van der Waals surface area contributed by atoms with Gasteiger partial charge in [-0.3, -0.25) is 0 Å². The van der Waals surface area contributed by atoms with Gasteiger partial charge in [0.15, 0.2) is 0 Å². The molecule has 192 valence electrons. The Bertz CT molecular complexity index is 1130. The number of carboxylic acids is 1. The van der Waals surface area contributed by atoms with Crippen LogP contribution in [0.3, 0.4) is 0 Å². The van der Waals surface area contributed by atoms with E-state index in [0.717, 1.165) is 67.6 Å². The summed E-state index contributed by atoms with van der Waals surface area (Å²) in [5.74, 6) is 0.785. The van der Waals surface area contributed by atoms with E-state index < -0.39 is 12.0 Å². The Hall–Kier alpha value is -3.23. The molecule has 1 atom stereocenters. The number of hydrogen-bond donors (Lipinski definition) is 3. The number of carbonyl (C=O) groups is 1. The lowest BCUT2D eigenvalue weighted by atomic mass is 10.1. The van der Waals surface area contributed by atoms with Crippen LogP contribution in [0, 0.1) is 0 Å². The molecule has 1 aromatic carbocycles. The first-order chi connectivity index (χ1) is 17.6. The number of ether oxygens (including phenoxy) is 1. The van der Waals surface area contributed by atoms with E-state index in [1.165, 1.54) is 12.0 Å². The second kappa shape index (κ2) is 13.2. The van der Waals surface area contributed by atoms with Crippen molar-refractivity contribution in [2.75, 3.05) is 50.5 Å². The van der Waals surface area contributed by atoms with Gasteiger partial charge in [0, 0.05) is 44.0 Å². The minimum Gasteiger partial charge on any atom is -0.480 e. The van der Waals surface area contributed by atoms with Crippen molar-refractivity contribution in [1.29, 1.82) is 0 Å². The lowest BCUT2D eigenvalue weighted by Crippen LogP contribution is -2.37. The first-order valence-electron chi connectivity index (χ1n) is 12.9. The Labute approximate surface area is 213 Å². The van der Waals surface area contributed by atoms with Gasteiger partial charge in [0.2, 0.25) is 0 Å². The number of unbranched alkanes of at least 4 members (excludes halogenated alkanes) is 1. The molecule has 1 unspecified atom stereocenters. The molecule has 0 amide bonds. The van der Waals surface area contributed by atoms with Crippen LogP contribution in [0.2, 0.25) is 0 Å². The van der Waals surface area contributed by atoms with Gasteiger partial charge in [-0.2, -0.15) is 0 Å². The number of hydrogen-bond acceptors (Lipinski definition) is 7. The summed E-state index contributed by atoms with van der Waals surface area (Å²) in [5, 5.41) is 18.4. The van der Waals surface area contributed by atoms with Crippen LogP contribution < -0.4 is 10.6 Å². The van der Waals surface area contributed by atoms with Crippen LogP contribution in [0.15, 0.2) is 48.7 Å². The number of aryl methyl sites for hydroxylation is 2. The Morgan fingerprint density at radius 1 is 1.17 bits per heavy atom. The molecule has 0 aliphatic carbocycles. The van der Waals surface area contributed by atoms with Gasteiger partial charge in [0.05, 0.1) is 6.61 Å². The van der Waals surface area contributed by atoms with Crippen molar-refractivity contribution in [3.63, 3.8) is 0 Å². The molecular weight excluding hydrogens is 454 g/mol. The fourth-order valence-electron chi connectivity index (χ4n) is 4.67. The SMILES string of the molecule is COCCN(CCCCc1ccc2c(n1)NCCC2)CCC(Nc1nccc2ccccc12)C(=O)O. The summed E-state index contributed by atoms with van der Waals surface area (Å²) in [6, 6.07) is 13.4. The third-order valence-electron chi connectivity index (χ3n) is 6.74. The van der Waals surface area contributed by atoms with Crippen LogP contribution >= 0.6 is 0 Å². The molecule has 3 heterocycles. The molecule has 1 aliphatic rings. The molecule has 0 radical (unpaired) electrons. The number of nitrogens with one attached hydrogen (secondary N) is 2. The number of benzene rings is 1. The van der Waals surface area contributed by atoms with Gasteiger partial charge in [-0.05, 0) is 68.2 Å². The fourth-order valence-corrected chi connectivity index (χ4v) is 4.67. The standard InChI is InChI=1S/C28H37N5O3/c1-36-20-19-33(17-5-4-9-23-12-11-22-8-6-15-29-26(22)31-23)18-14-25(28(34)35)32-27-24-10-3-2-7-21(24)13-16-30-27/h2-3,7,10-13,16,25H,4-6,8-9,14-15,17-20H2,1H3,(H,29,31)(H,30,32)(H,34,35). The monoisotopic (exact) mass is 491 g/mol. The molecule has 0 fully saturated rings. The Kier molecular flexibility index (Phi) is 9.47. The Morgan fingerprint density at radius 2 is 2.06 bits per heavy atom. The Morgan fingerprint density at radius 3 is 2.92 bits per heavy atom. The molecule has 0 saturated carbocycles.